The minimum absolute atomic E-state index is 0.302. The molecule has 0 saturated carbocycles. The summed E-state index contributed by atoms with van der Waals surface area (Å²) < 4.78 is 10.1. The van der Waals surface area contributed by atoms with Crippen LogP contribution in [0.3, 0.4) is 0 Å². The highest BCUT2D eigenvalue weighted by molar-refractivity contribution is 5.96. The number of aromatic nitrogens is 1. The van der Waals surface area contributed by atoms with Crippen LogP contribution in [0.2, 0.25) is 0 Å². The molecule has 114 valence electrons. The number of nitrogens with zero attached hydrogens (tertiary/aromatic N) is 1. The van der Waals surface area contributed by atoms with Crippen LogP contribution in [0.15, 0.2) is 42.6 Å². The van der Waals surface area contributed by atoms with Crippen LogP contribution < -0.4 is 10.1 Å². The first-order valence-corrected chi connectivity index (χ1v) is 6.63. The molecular weight excluding hydrogens is 284 g/mol. The molecule has 1 N–H and O–H groups in total. The SMILES string of the molecule is COc1ccccc1NC(=O)COC(=O)c1ccc(C)nc1. The number of rotatable bonds is 5. The smallest absolute Gasteiger partial charge is 0.340 e. The molecule has 0 atom stereocenters. The van der Waals surface area contributed by atoms with Gasteiger partial charge in [-0.05, 0) is 31.2 Å². The molecule has 6 heteroatoms. The van der Waals surface area contributed by atoms with Crippen molar-refractivity contribution in [3.05, 3.63) is 53.9 Å². The van der Waals surface area contributed by atoms with Crippen molar-refractivity contribution in [3.63, 3.8) is 0 Å². The number of benzene rings is 1. The maximum atomic E-state index is 11.8. The fraction of sp³-hybridized carbons (Fsp3) is 0.188. The number of para-hydroxylation sites is 2. The predicted molar refractivity (Wildman–Crippen MR) is 80.9 cm³/mol. The highest BCUT2D eigenvalue weighted by atomic mass is 16.5. The van der Waals surface area contributed by atoms with Crippen LogP contribution in [0.4, 0.5) is 5.69 Å². The van der Waals surface area contributed by atoms with E-state index >= 15 is 0 Å². The van der Waals surface area contributed by atoms with Crippen molar-refractivity contribution in [2.24, 2.45) is 0 Å². The van der Waals surface area contributed by atoms with Crippen molar-refractivity contribution in [2.45, 2.75) is 6.92 Å². The highest BCUT2D eigenvalue weighted by Crippen LogP contribution is 2.22. The fourth-order valence-electron chi connectivity index (χ4n) is 1.74. The summed E-state index contributed by atoms with van der Waals surface area (Å²) in [4.78, 5) is 27.6. The zero-order valence-electron chi connectivity index (χ0n) is 12.3. The van der Waals surface area contributed by atoms with Crippen molar-refractivity contribution < 1.29 is 19.1 Å². The number of nitrogens with one attached hydrogen (secondary N) is 1. The average Bonchev–Trinajstić information content (AvgIpc) is 2.54. The quantitative estimate of drug-likeness (QED) is 0.856. The van der Waals surface area contributed by atoms with Gasteiger partial charge in [0, 0.05) is 11.9 Å². The second-order valence-electron chi connectivity index (χ2n) is 4.51. The van der Waals surface area contributed by atoms with E-state index in [0.29, 0.717) is 17.0 Å². The molecule has 0 aliphatic carbocycles. The molecule has 1 aromatic heterocycles. The van der Waals surface area contributed by atoms with E-state index in [4.69, 9.17) is 9.47 Å². The largest absolute Gasteiger partial charge is 0.495 e. The number of ether oxygens (including phenoxy) is 2. The third-order valence-corrected chi connectivity index (χ3v) is 2.86. The van der Waals surface area contributed by atoms with E-state index < -0.39 is 11.9 Å². The van der Waals surface area contributed by atoms with Gasteiger partial charge in [0.25, 0.3) is 5.91 Å². The molecule has 0 bridgehead atoms. The lowest BCUT2D eigenvalue weighted by Gasteiger charge is -2.10. The number of carbonyl (C=O) groups excluding carboxylic acids is 2. The molecule has 0 aliphatic rings. The third-order valence-electron chi connectivity index (χ3n) is 2.86. The van der Waals surface area contributed by atoms with Gasteiger partial charge in [-0.1, -0.05) is 12.1 Å². The summed E-state index contributed by atoms with van der Waals surface area (Å²) in [5.41, 5.74) is 1.62. The first kappa shape index (κ1) is 15.5. The van der Waals surface area contributed by atoms with Crippen LogP contribution in [0.1, 0.15) is 16.1 Å². The number of esters is 1. The van der Waals surface area contributed by atoms with Gasteiger partial charge in [-0.3, -0.25) is 9.78 Å². The van der Waals surface area contributed by atoms with Crippen LogP contribution >= 0.6 is 0 Å². The van der Waals surface area contributed by atoms with Crippen LogP contribution in [0.5, 0.6) is 5.75 Å². The minimum atomic E-state index is -0.595. The molecule has 0 spiro atoms. The first-order valence-electron chi connectivity index (χ1n) is 6.63. The summed E-state index contributed by atoms with van der Waals surface area (Å²) in [6, 6.07) is 10.3. The molecule has 0 fully saturated rings. The topological polar surface area (TPSA) is 77.5 Å². The van der Waals surface area contributed by atoms with Gasteiger partial charge in [0.2, 0.25) is 0 Å². The zero-order chi connectivity index (χ0) is 15.9. The molecule has 2 rings (SSSR count). The minimum Gasteiger partial charge on any atom is -0.495 e. The van der Waals surface area contributed by atoms with E-state index in [1.165, 1.54) is 13.3 Å². The Morgan fingerprint density at radius 1 is 1.18 bits per heavy atom. The Balaban J connectivity index is 1.90. The van der Waals surface area contributed by atoms with Gasteiger partial charge >= 0.3 is 5.97 Å². The molecule has 22 heavy (non-hydrogen) atoms. The Morgan fingerprint density at radius 3 is 2.64 bits per heavy atom. The van der Waals surface area contributed by atoms with E-state index in [-0.39, 0.29) is 6.61 Å². The molecule has 1 aromatic carbocycles. The number of amides is 1. The molecule has 6 nitrogen and oxygen atoms in total. The maximum Gasteiger partial charge on any atom is 0.340 e. The normalized spacial score (nSPS) is 9.91. The van der Waals surface area contributed by atoms with Crippen molar-refractivity contribution in [3.8, 4) is 5.75 Å². The lowest BCUT2D eigenvalue weighted by Crippen LogP contribution is -2.21. The summed E-state index contributed by atoms with van der Waals surface area (Å²) in [6.07, 6.45) is 1.41. The molecule has 0 unspecified atom stereocenters. The first-order chi connectivity index (χ1) is 10.6. The Kier molecular flexibility index (Phi) is 5.08. The number of anilines is 1. The second kappa shape index (κ2) is 7.21. The van der Waals surface area contributed by atoms with E-state index in [9.17, 15) is 9.59 Å². The van der Waals surface area contributed by atoms with Crippen LogP contribution in [-0.2, 0) is 9.53 Å². The Hall–Kier alpha value is -2.89. The molecule has 0 aliphatic heterocycles. The number of hydrogen-bond donors (Lipinski definition) is 1. The van der Waals surface area contributed by atoms with Gasteiger partial charge in [-0.15, -0.1) is 0 Å². The summed E-state index contributed by atoms with van der Waals surface area (Å²) in [6.45, 7) is 1.43. The maximum absolute atomic E-state index is 11.8. The van der Waals surface area contributed by atoms with E-state index in [2.05, 4.69) is 10.3 Å². The van der Waals surface area contributed by atoms with Gasteiger partial charge in [0.05, 0.1) is 18.4 Å². The Bertz CT molecular complexity index is 668. The predicted octanol–water partition coefficient (Wildman–Crippen LogP) is 2.19. The molecule has 1 heterocycles. The highest BCUT2D eigenvalue weighted by Gasteiger charge is 2.12. The van der Waals surface area contributed by atoms with Gasteiger partial charge in [0.15, 0.2) is 6.61 Å². The molecule has 0 saturated heterocycles. The van der Waals surface area contributed by atoms with Crippen LogP contribution in [0, 0.1) is 6.92 Å². The fourth-order valence-corrected chi connectivity index (χ4v) is 1.74. The number of carbonyl (C=O) groups is 2. The molecule has 1 amide bonds. The standard InChI is InChI=1S/C16H16N2O4/c1-11-7-8-12(9-17-11)16(20)22-10-15(19)18-13-5-3-4-6-14(13)21-2/h3-9H,10H2,1-2H3,(H,18,19). The van der Waals surface area contributed by atoms with Crippen molar-refractivity contribution in [1.82, 2.24) is 4.98 Å². The summed E-state index contributed by atoms with van der Waals surface area (Å²) in [5, 5.41) is 2.62. The summed E-state index contributed by atoms with van der Waals surface area (Å²) in [7, 11) is 1.51. The van der Waals surface area contributed by atoms with Gasteiger partial charge in [-0.25, -0.2) is 4.79 Å². The molecule has 0 radical (unpaired) electrons. The van der Waals surface area contributed by atoms with Gasteiger partial charge < -0.3 is 14.8 Å². The van der Waals surface area contributed by atoms with Gasteiger partial charge in [-0.2, -0.15) is 0 Å². The molecule has 2 aromatic rings. The third kappa shape index (κ3) is 4.05. The molecular formula is C16H16N2O4. The van der Waals surface area contributed by atoms with Crippen molar-refractivity contribution in [1.29, 1.82) is 0 Å². The number of aryl methyl sites for hydroxylation is 1. The lowest BCUT2D eigenvalue weighted by atomic mass is 10.2. The second-order valence-corrected chi connectivity index (χ2v) is 4.51. The number of pyridine rings is 1. The van der Waals surface area contributed by atoms with Crippen LogP contribution in [-0.4, -0.2) is 30.6 Å². The summed E-state index contributed by atoms with van der Waals surface area (Å²) in [5.74, 6) is -0.509. The number of methoxy groups -OCH3 is 1. The lowest BCUT2D eigenvalue weighted by molar-refractivity contribution is -0.119. The monoisotopic (exact) mass is 300 g/mol. The van der Waals surface area contributed by atoms with Crippen LogP contribution in [0.25, 0.3) is 0 Å². The van der Waals surface area contributed by atoms with Crippen molar-refractivity contribution >= 4 is 17.6 Å². The number of hydrogen-bond acceptors (Lipinski definition) is 5. The summed E-state index contributed by atoms with van der Waals surface area (Å²) >= 11 is 0. The zero-order valence-corrected chi connectivity index (χ0v) is 12.3. The van der Waals surface area contributed by atoms with E-state index in [0.717, 1.165) is 5.69 Å². The van der Waals surface area contributed by atoms with Crippen molar-refractivity contribution in [2.75, 3.05) is 19.0 Å². The van der Waals surface area contributed by atoms with E-state index in [1.807, 2.05) is 6.92 Å². The Labute approximate surface area is 128 Å². The van der Waals surface area contributed by atoms with E-state index in [1.54, 1.807) is 36.4 Å². The average molecular weight is 300 g/mol. The van der Waals surface area contributed by atoms with Gasteiger partial charge in [0.1, 0.15) is 5.75 Å². The Morgan fingerprint density at radius 2 is 1.95 bits per heavy atom.